The van der Waals surface area contributed by atoms with E-state index in [1.807, 2.05) is 17.0 Å². The predicted octanol–water partition coefficient (Wildman–Crippen LogP) is 2.97. The molecule has 2 aliphatic rings. The summed E-state index contributed by atoms with van der Waals surface area (Å²) in [4.78, 5) is 21.5. The number of nitrogens with two attached hydrogens (primary N) is 1. The van der Waals surface area contributed by atoms with E-state index in [2.05, 4.69) is 23.7 Å². The standard InChI is InChI=1S/C18H28N4O.2ClH/c1-13-5-7-21(8-6-13)17-4-3-16(11-20-17)18(23)22-12-15(10-19)9-14(22)2;;/h3-4,11,13-15H,5-10,12,19H2,1-2H3;2*1H. The van der Waals surface area contributed by atoms with Crippen LogP contribution >= 0.6 is 24.8 Å². The molecule has 25 heavy (non-hydrogen) atoms. The maximum atomic E-state index is 12.7. The Morgan fingerprint density at radius 1 is 1.24 bits per heavy atom. The van der Waals surface area contributed by atoms with E-state index in [0.29, 0.717) is 18.0 Å². The Kier molecular flexibility index (Phi) is 8.45. The molecule has 0 spiro atoms. The van der Waals surface area contributed by atoms with Crippen LogP contribution in [0.5, 0.6) is 0 Å². The number of hydrogen-bond donors (Lipinski definition) is 1. The average Bonchev–Trinajstić information content (AvgIpc) is 2.96. The van der Waals surface area contributed by atoms with Crippen molar-refractivity contribution in [3.63, 3.8) is 0 Å². The molecule has 1 aromatic heterocycles. The number of carbonyl (C=O) groups is 1. The van der Waals surface area contributed by atoms with Crippen LogP contribution in [0, 0.1) is 11.8 Å². The molecular weight excluding hydrogens is 359 g/mol. The molecule has 1 aromatic rings. The van der Waals surface area contributed by atoms with E-state index in [-0.39, 0.29) is 36.8 Å². The van der Waals surface area contributed by atoms with Crippen LogP contribution in [0.15, 0.2) is 18.3 Å². The number of likely N-dealkylation sites (tertiary alicyclic amines) is 1. The summed E-state index contributed by atoms with van der Waals surface area (Å²) in [6, 6.07) is 4.18. The molecule has 2 unspecified atom stereocenters. The highest BCUT2D eigenvalue weighted by molar-refractivity contribution is 5.94. The van der Waals surface area contributed by atoms with Crippen molar-refractivity contribution in [2.45, 2.75) is 39.2 Å². The van der Waals surface area contributed by atoms with Crippen LogP contribution in [-0.2, 0) is 0 Å². The molecule has 142 valence electrons. The minimum Gasteiger partial charge on any atom is -0.357 e. The fourth-order valence-corrected chi connectivity index (χ4v) is 3.70. The normalized spacial score (nSPS) is 23.8. The summed E-state index contributed by atoms with van der Waals surface area (Å²) in [5.41, 5.74) is 6.44. The van der Waals surface area contributed by atoms with Crippen LogP contribution in [0.4, 0.5) is 5.82 Å². The van der Waals surface area contributed by atoms with E-state index in [1.54, 1.807) is 6.20 Å². The minimum absolute atomic E-state index is 0. The second kappa shape index (κ2) is 9.60. The molecule has 3 heterocycles. The topological polar surface area (TPSA) is 62.5 Å². The monoisotopic (exact) mass is 388 g/mol. The summed E-state index contributed by atoms with van der Waals surface area (Å²) in [5, 5.41) is 0. The van der Waals surface area contributed by atoms with Crippen molar-refractivity contribution in [2.24, 2.45) is 17.6 Å². The smallest absolute Gasteiger partial charge is 0.255 e. The highest BCUT2D eigenvalue weighted by atomic mass is 35.5. The first kappa shape index (κ1) is 22.0. The molecule has 1 amide bonds. The number of pyridine rings is 1. The SMILES string of the molecule is CC1CCN(c2ccc(C(=O)N3CC(CN)CC3C)cn2)CC1.Cl.Cl. The third kappa shape index (κ3) is 4.99. The molecule has 2 saturated heterocycles. The number of hydrogen-bond acceptors (Lipinski definition) is 4. The van der Waals surface area contributed by atoms with Crippen molar-refractivity contribution >= 4 is 36.5 Å². The molecular formula is C18H30Cl2N4O. The van der Waals surface area contributed by atoms with Crippen LogP contribution in [0.1, 0.15) is 43.5 Å². The van der Waals surface area contributed by atoms with Gasteiger partial charge in [-0.15, -0.1) is 24.8 Å². The van der Waals surface area contributed by atoms with Crippen LogP contribution in [-0.4, -0.2) is 48.0 Å². The molecule has 2 atom stereocenters. The first-order valence-corrected chi connectivity index (χ1v) is 8.80. The van der Waals surface area contributed by atoms with Crippen molar-refractivity contribution in [1.29, 1.82) is 0 Å². The molecule has 0 aromatic carbocycles. The second-order valence-corrected chi connectivity index (χ2v) is 7.22. The number of rotatable bonds is 3. The van der Waals surface area contributed by atoms with Gasteiger partial charge in [0.15, 0.2) is 0 Å². The Labute approximate surface area is 163 Å². The highest BCUT2D eigenvalue weighted by Crippen LogP contribution is 2.25. The largest absolute Gasteiger partial charge is 0.357 e. The number of amides is 1. The van der Waals surface area contributed by atoms with E-state index in [0.717, 1.165) is 37.8 Å². The lowest BCUT2D eigenvalue weighted by Crippen LogP contribution is -2.35. The van der Waals surface area contributed by atoms with Gasteiger partial charge in [-0.3, -0.25) is 4.79 Å². The summed E-state index contributed by atoms with van der Waals surface area (Å²) >= 11 is 0. The molecule has 0 aliphatic carbocycles. The molecule has 2 fully saturated rings. The molecule has 7 heteroatoms. The molecule has 0 saturated carbocycles. The zero-order valence-corrected chi connectivity index (χ0v) is 16.7. The number of aromatic nitrogens is 1. The van der Waals surface area contributed by atoms with Crippen molar-refractivity contribution in [1.82, 2.24) is 9.88 Å². The third-order valence-corrected chi connectivity index (χ3v) is 5.36. The Morgan fingerprint density at radius 3 is 2.44 bits per heavy atom. The van der Waals surface area contributed by atoms with Crippen molar-refractivity contribution in [3.8, 4) is 0 Å². The van der Waals surface area contributed by atoms with Crippen molar-refractivity contribution in [3.05, 3.63) is 23.9 Å². The fourth-order valence-electron chi connectivity index (χ4n) is 3.70. The maximum Gasteiger partial charge on any atom is 0.255 e. The van der Waals surface area contributed by atoms with Crippen molar-refractivity contribution in [2.75, 3.05) is 31.1 Å². The van der Waals surface area contributed by atoms with Crippen LogP contribution < -0.4 is 10.6 Å². The summed E-state index contributed by atoms with van der Waals surface area (Å²) in [7, 11) is 0. The molecule has 2 aliphatic heterocycles. The number of halogens is 2. The predicted molar refractivity (Wildman–Crippen MR) is 107 cm³/mol. The maximum absolute atomic E-state index is 12.7. The van der Waals surface area contributed by atoms with Gasteiger partial charge >= 0.3 is 0 Å². The van der Waals surface area contributed by atoms with E-state index in [1.165, 1.54) is 12.8 Å². The van der Waals surface area contributed by atoms with E-state index >= 15 is 0 Å². The summed E-state index contributed by atoms with van der Waals surface area (Å²) in [6.07, 6.45) is 5.17. The summed E-state index contributed by atoms with van der Waals surface area (Å²) < 4.78 is 0. The van der Waals surface area contributed by atoms with Crippen LogP contribution in [0.3, 0.4) is 0 Å². The first-order valence-electron chi connectivity index (χ1n) is 8.80. The van der Waals surface area contributed by atoms with Gasteiger partial charge in [0.05, 0.1) is 5.56 Å². The molecule has 2 N–H and O–H groups in total. The lowest BCUT2D eigenvalue weighted by atomic mass is 9.99. The quantitative estimate of drug-likeness (QED) is 0.864. The second-order valence-electron chi connectivity index (χ2n) is 7.22. The van der Waals surface area contributed by atoms with Gasteiger partial charge in [0.1, 0.15) is 5.82 Å². The molecule has 0 radical (unpaired) electrons. The van der Waals surface area contributed by atoms with Gasteiger partial charge in [0.25, 0.3) is 5.91 Å². The fraction of sp³-hybridized carbons (Fsp3) is 0.667. The lowest BCUT2D eigenvalue weighted by Gasteiger charge is -2.31. The van der Waals surface area contributed by atoms with Crippen LogP contribution in [0.25, 0.3) is 0 Å². The number of piperidine rings is 1. The molecule has 5 nitrogen and oxygen atoms in total. The van der Waals surface area contributed by atoms with Gasteiger partial charge in [0.2, 0.25) is 0 Å². The lowest BCUT2D eigenvalue weighted by molar-refractivity contribution is 0.0743. The van der Waals surface area contributed by atoms with E-state index in [9.17, 15) is 4.79 Å². The third-order valence-electron chi connectivity index (χ3n) is 5.36. The first-order chi connectivity index (χ1) is 11.1. The zero-order valence-electron chi connectivity index (χ0n) is 15.1. The van der Waals surface area contributed by atoms with Gasteiger partial charge in [-0.05, 0) is 56.7 Å². The average molecular weight is 389 g/mol. The van der Waals surface area contributed by atoms with Gasteiger partial charge in [-0.25, -0.2) is 4.98 Å². The number of anilines is 1. The zero-order chi connectivity index (χ0) is 16.4. The molecule has 3 rings (SSSR count). The van der Waals surface area contributed by atoms with Crippen LogP contribution in [0.2, 0.25) is 0 Å². The minimum atomic E-state index is 0. The Balaban J connectivity index is 0.00000156. The summed E-state index contributed by atoms with van der Waals surface area (Å²) in [5.74, 6) is 2.30. The van der Waals surface area contributed by atoms with Crippen molar-refractivity contribution < 1.29 is 4.79 Å². The van der Waals surface area contributed by atoms with Gasteiger partial charge in [-0.1, -0.05) is 6.92 Å². The van der Waals surface area contributed by atoms with E-state index in [4.69, 9.17) is 5.73 Å². The Morgan fingerprint density at radius 2 is 1.92 bits per heavy atom. The van der Waals surface area contributed by atoms with E-state index < -0.39 is 0 Å². The number of nitrogens with zero attached hydrogens (tertiary/aromatic N) is 3. The number of carbonyl (C=O) groups excluding carboxylic acids is 1. The highest BCUT2D eigenvalue weighted by Gasteiger charge is 2.32. The Hall–Kier alpha value is -1.04. The molecule has 0 bridgehead atoms. The van der Waals surface area contributed by atoms with Gasteiger partial charge in [0, 0.05) is 31.9 Å². The van der Waals surface area contributed by atoms with Gasteiger partial charge < -0.3 is 15.5 Å². The summed E-state index contributed by atoms with van der Waals surface area (Å²) in [6.45, 7) is 7.94. The Bertz CT molecular complexity index is 547. The van der Waals surface area contributed by atoms with Gasteiger partial charge in [-0.2, -0.15) is 0 Å².